The second kappa shape index (κ2) is 2.36. The molecule has 50 valence electrons. The van der Waals surface area contributed by atoms with Crippen molar-refractivity contribution in [3.63, 3.8) is 0 Å². The summed E-state index contributed by atoms with van der Waals surface area (Å²) in [7, 11) is 0. The Hall–Kier alpha value is -0.560. The second-order valence-electron chi connectivity index (χ2n) is 2.54. The fourth-order valence-electron chi connectivity index (χ4n) is 0.877. The van der Waals surface area contributed by atoms with E-state index in [0.29, 0.717) is 6.61 Å². The molecule has 1 heterocycles. The molecule has 0 saturated carbocycles. The van der Waals surface area contributed by atoms with Crippen LogP contribution < -0.4 is 0 Å². The molecule has 0 spiro atoms. The van der Waals surface area contributed by atoms with Gasteiger partial charge in [-0.15, -0.1) is 0 Å². The van der Waals surface area contributed by atoms with Gasteiger partial charge in [0.05, 0.1) is 12.7 Å². The van der Waals surface area contributed by atoms with E-state index in [1.165, 1.54) is 0 Å². The summed E-state index contributed by atoms with van der Waals surface area (Å²) in [5.74, 6) is 0. The van der Waals surface area contributed by atoms with Crippen molar-refractivity contribution in [3.05, 3.63) is 24.3 Å². The summed E-state index contributed by atoms with van der Waals surface area (Å²) in [6.45, 7) is 10.4. The van der Waals surface area contributed by atoms with Gasteiger partial charge in [-0.3, -0.25) is 0 Å². The summed E-state index contributed by atoms with van der Waals surface area (Å²) in [6, 6.07) is 0. The minimum Gasteiger partial charge on any atom is -0.370 e. The van der Waals surface area contributed by atoms with Crippen molar-refractivity contribution in [1.29, 1.82) is 0 Å². The molecule has 0 aliphatic carbocycles. The number of hydrogen-bond acceptors (Lipinski definition) is 1. The van der Waals surface area contributed by atoms with Gasteiger partial charge in [-0.05, 0) is 24.5 Å². The monoisotopic (exact) mass is 124 g/mol. The zero-order chi connectivity index (χ0) is 6.85. The minimum atomic E-state index is 0.232. The van der Waals surface area contributed by atoms with Crippen LogP contribution in [0.25, 0.3) is 0 Å². The zero-order valence-corrected chi connectivity index (χ0v) is 5.81. The van der Waals surface area contributed by atoms with E-state index in [-0.39, 0.29) is 6.10 Å². The van der Waals surface area contributed by atoms with E-state index in [0.717, 1.165) is 17.6 Å². The van der Waals surface area contributed by atoms with Crippen molar-refractivity contribution in [3.8, 4) is 0 Å². The molecule has 9 heavy (non-hydrogen) atoms. The molecule has 1 fully saturated rings. The molecule has 0 aromatic heterocycles. The third-order valence-electron chi connectivity index (χ3n) is 1.59. The molecule has 0 unspecified atom stereocenters. The first-order chi connectivity index (χ1) is 4.20. The molecule has 1 aliphatic heterocycles. The molecule has 1 atom stereocenters. The van der Waals surface area contributed by atoms with Crippen LogP contribution in [-0.4, -0.2) is 12.7 Å². The van der Waals surface area contributed by atoms with Crippen molar-refractivity contribution < 1.29 is 4.74 Å². The maximum absolute atomic E-state index is 5.30. The normalized spacial score (nSPS) is 28.8. The first kappa shape index (κ1) is 6.56. The van der Waals surface area contributed by atoms with Crippen LogP contribution in [0.2, 0.25) is 0 Å². The Bertz CT molecular complexity index is 147. The van der Waals surface area contributed by atoms with E-state index in [1.807, 2.05) is 6.92 Å². The summed E-state index contributed by atoms with van der Waals surface area (Å²) in [5, 5.41) is 0. The molecule has 0 aromatic carbocycles. The van der Waals surface area contributed by atoms with Gasteiger partial charge in [-0.2, -0.15) is 0 Å². The maximum Gasteiger partial charge on any atom is 0.0761 e. The van der Waals surface area contributed by atoms with E-state index < -0.39 is 0 Å². The molecule has 1 heteroatoms. The van der Waals surface area contributed by atoms with Crippen molar-refractivity contribution >= 4 is 0 Å². The van der Waals surface area contributed by atoms with Gasteiger partial charge in [-0.1, -0.05) is 13.2 Å². The van der Waals surface area contributed by atoms with E-state index in [1.54, 1.807) is 0 Å². The van der Waals surface area contributed by atoms with Gasteiger partial charge in [-0.25, -0.2) is 0 Å². The Balaban J connectivity index is 2.54. The molecule has 0 radical (unpaired) electrons. The lowest BCUT2D eigenvalue weighted by molar-refractivity contribution is 0.0920. The van der Waals surface area contributed by atoms with Crippen LogP contribution in [0.4, 0.5) is 0 Å². The molecular formula is C8H12O. The van der Waals surface area contributed by atoms with E-state index in [4.69, 9.17) is 4.74 Å². The van der Waals surface area contributed by atoms with Gasteiger partial charge in [0.25, 0.3) is 0 Å². The van der Waals surface area contributed by atoms with Crippen LogP contribution in [0.5, 0.6) is 0 Å². The quantitative estimate of drug-likeness (QED) is 0.448. The first-order valence-corrected chi connectivity index (χ1v) is 3.16. The summed E-state index contributed by atoms with van der Waals surface area (Å²) >= 11 is 0. The van der Waals surface area contributed by atoms with Crippen molar-refractivity contribution in [1.82, 2.24) is 0 Å². The SMILES string of the molecule is C=C1CO[C@@H](C)C(=C)C1. The highest BCUT2D eigenvalue weighted by molar-refractivity contribution is 5.16. The molecule has 1 nitrogen and oxygen atoms in total. The summed E-state index contributed by atoms with van der Waals surface area (Å²) in [6.07, 6.45) is 1.18. The predicted octanol–water partition coefficient (Wildman–Crippen LogP) is 1.91. The second-order valence-corrected chi connectivity index (χ2v) is 2.54. The number of hydrogen-bond donors (Lipinski definition) is 0. The highest BCUT2D eigenvalue weighted by Crippen LogP contribution is 2.20. The highest BCUT2D eigenvalue weighted by atomic mass is 16.5. The molecule has 1 saturated heterocycles. The summed E-state index contributed by atoms with van der Waals surface area (Å²) < 4.78 is 5.30. The van der Waals surface area contributed by atoms with Crippen LogP contribution in [0.15, 0.2) is 24.3 Å². The Morgan fingerprint density at radius 1 is 1.56 bits per heavy atom. The summed E-state index contributed by atoms with van der Waals surface area (Å²) in [5.41, 5.74) is 2.28. The predicted molar refractivity (Wildman–Crippen MR) is 38.3 cm³/mol. The van der Waals surface area contributed by atoms with Crippen LogP contribution in [0.1, 0.15) is 13.3 Å². The first-order valence-electron chi connectivity index (χ1n) is 3.16. The smallest absolute Gasteiger partial charge is 0.0761 e. The van der Waals surface area contributed by atoms with Crippen molar-refractivity contribution in [2.45, 2.75) is 19.4 Å². The van der Waals surface area contributed by atoms with E-state index in [2.05, 4.69) is 13.2 Å². The molecule has 0 aromatic rings. The Labute approximate surface area is 56.0 Å². The maximum atomic E-state index is 5.30. The Morgan fingerprint density at radius 2 is 2.22 bits per heavy atom. The molecule has 1 aliphatic rings. The lowest BCUT2D eigenvalue weighted by atomic mass is 10.0. The lowest BCUT2D eigenvalue weighted by Gasteiger charge is -2.22. The van der Waals surface area contributed by atoms with E-state index >= 15 is 0 Å². The van der Waals surface area contributed by atoms with Crippen LogP contribution in [-0.2, 0) is 4.74 Å². The fourth-order valence-corrected chi connectivity index (χ4v) is 0.877. The van der Waals surface area contributed by atoms with Gasteiger partial charge >= 0.3 is 0 Å². The standard InChI is InChI=1S/C8H12O/c1-6-4-7(2)8(3)9-5-6/h8H,1-2,4-5H2,3H3/t8-/m0/s1. The summed E-state index contributed by atoms with van der Waals surface area (Å²) in [4.78, 5) is 0. The number of rotatable bonds is 0. The van der Waals surface area contributed by atoms with Gasteiger partial charge in [0.15, 0.2) is 0 Å². The van der Waals surface area contributed by atoms with Crippen LogP contribution in [0.3, 0.4) is 0 Å². The molecule has 0 N–H and O–H groups in total. The lowest BCUT2D eigenvalue weighted by Crippen LogP contribution is -2.19. The van der Waals surface area contributed by atoms with E-state index in [9.17, 15) is 0 Å². The average Bonchev–Trinajstić information content (AvgIpc) is 1.80. The molecular weight excluding hydrogens is 112 g/mol. The highest BCUT2D eigenvalue weighted by Gasteiger charge is 2.13. The molecule has 0 amide bonds. The van der Waals surface area contributed by atoms with Crippen LogP contribution in [0, 0.1) is 0 Å². The average molecular weight is 124 g/mol. The Kier molecular flexibility index (Phi) is 1.72. The third-order valence-corrected chi connectivity index (χ3v) is 1.59. The Morgan fingerprint density at radius 3 is 2.67 bits per heavy atom. The molecule has 1 rings (SSSR count). The third kappa shape index (κ3) is 1.42. The minimum absolute atomic E-state index is 0.232. The van der Waals surface area contributed by atoms with Gasteiger partial charge in [0.2, 0.25) is 0 Å². The largest absolute Gasteiger partial charge is 0.370 e. The van der Waals surface area contributed by atoms with Crippen molar-refractivity contribution in [2.24, 2.45) is 0 Å². The zero-order valence-electron chi connectivity index (χ0n) is 5.81. The van der Waals surface area contributed by atoms with Crippen molar-refractivity contribution in [2.75, 3.05) is 6.61 Å². The van der Waals surface area contributed by atoms with Gasteiger partial charge in [0, 0.05) is 0 Å². The van der Waals surface area contributed by atoms with Crippen LogP contribution >= 0.6 is 0 Å². The molecule has 0 bridgehead atoms. The fraction of sp³-hybridized carbons (Fsp3) is 0.500. The van der Waals surface area contributed by atoms with Gasteiger partial charge < -0.3 is 4.74 Å². The topological polar surface area (TPSA) is 9.23 Å². The van der Waals surface area contributed by atoms with Gasteiger partial charge in [0.1, 0.15) is 0 Å². The number of ether oxygens (including phenoxy) is 1.